The number of carbonyl (C=O) groups is 1. The van der Waals surface area contributed by atoms with Crippen LogP contribution in [0.15, 0.2) is 22.7 Å². The first-order valence-corrected chi connectivity index (χ1v) is 7.17. The van der Waals surface area contributed by atoms with Crippen LogP contribution in [0.5, 0.6) is 0 Å². The number of rotatable bonds is 6. The van der Waals surface area contributed by atoms with Crippen molar-refractivity contribution >= 4 is 21.9 Å². The number of halogens is 2. The van der Waals surface area contributed by atoms with E-state index in [0.29, 0.717) is 11.5 Å². The predicted octanol–water partition coefficient (Wildman–Crippen LogP) is 3.45. The van der Waals surface area contributed by atoms with E-state index in [1.165, 1.54) is 6.07 Å². The fourth-order valence-corrected chi connectivity index (χ4v) is 2.58. The van der Waals surface area contributed by atoms with Gasteiger partial charge in [0, 0.05) is 22.6 Å². The normalized spacial score (nSPS) is 16.6. The first-order chi connectivity index (χ1) is 8.97. The van der Waals surface area contributed by atoms with Gasteiger partial charge in [0.05, 0.1) is 6.54 Å². The van der Waals surface area contributed by atoms with Gasteiger partial charge in [-0.2, -0.15) is 0 Å². The standard InChI is InChI=1S/C14H17BrFNO2/c1-9(12-6-11(15)4-5-13(12)16)17(8-14(18)19)7-10-2-3-10/h4-6,9-10H,2-3,7-8H2,1H3,(H,18,19). The van der Waals surface area contributed by atoms with Gasteiger partial charge < -0.3 is 5.11 Å². The van der Waals surface area contributed by atoms with Crippen LogP contribution in [0.25, 0.3) is 0 Å². The summed E-state index contributed by atoms with van der Waals surface area (Å²) >= 11 is 3.33. The zero-order valence-corrected chi connectivity index (χ0v) is 12.4. The van der Waals surface area contributed by atoms with Gasteiger partial charge in [-0.05, 0) is 43.9 Å². The molecule has 1 aromatic carbocycles. The quantitative estimate of drug-likeness (QED) is 0.869. The van der Waals surface area contributed by atoms with E-state index in [2.05, 4.69) is 15.9 Å². The number of hydrogen-bond donors (Lipinski definition) is 1. The van der Waals surface area contributed by atoms with Crippen LogP contribution in [0.3, 0.4) is 0 Å². The average Bonchev–Trinajstić information content (AvgIpc) is 3.14. The van der Waals surface area contributed by atoms with Gasteiger partial charge in [0.25, 0.3) is 0 Å². The lowest BCUT2D eigenvalue weighted by molar-refractivity contribution is -0.139. The van der Waals surface area contributed by atoms with Crippen molar-refractivity contribution in [2.75, 3.05) is 13.1 Å². The lowest BCUT2D eigenvalue weighted by Gasteiger charge is -2.28. The molecule has 2 rings (SSSR count). The van der Waals surface area contributed by atoms with Crippen molar-refractivity contribution < 1.29 is 14.3 Å². The second-order valence-electron chi connectivity index (χ2n) is 5.11. The molecule has 1 aliphatic carbocycles. The molecule has 1 fully saturated rings. The van der Waals surface area contributed by atoms with Crippen LogP contribution in [0.1, 0.15) is 31.4 Å². The minimum absolute atomic E-state index is 0.0520. The fourth-order valence-electron chi connectivity index (χ4n) is 2.20. The molecule has 1 aromatic rings. The number of nitrogens with zero attached hydrogens (tertiary/aromatic N) is 1. The Balaban J connectivity index is 2.18. The number of aliphatic carboxylic acids is 1. The highest BCUT2D eigenvalue weighted by Gasteiger charge is 2.29. The van der Waals surface area contributed by atoms with E-state index in [1.807, 2.05) is 11.8 Å². The van der Waals surface area contributed by atoms with Crippen LogP contribution < -0.4 is 0 Å². The largest absolute Gasteiger partial charge is 0.480 e. The SMILES string of the molecule is CC(c1cc(Br)ccc1F)N(CC(=O)O)CC1CC1. The van der Waals surface area contributed by atoms with Crippen molar-refractivity contribution in [1.82, 2.24) is 4.90 Å². The summed E-state index contributed by atoms with van der Waals surface area (Å²) in [7, 11) is 0. The smallest absolute Gasteiger partial charge is 0.317 e. The molecule has 19 heavy (non-hydrogen) atoms. The predicted molar refractivity (Wildman–Crippen MR) is 74.4 cm³/mol. The number of benzene rings is 1. The summed E-state index contributed by atoms with van der Waals surface area (Å²) in [5.74, 6) is -0.596. The van der Waals surface area contributed by atoms with Gasteiger partial charge in [-0.3, -0.25) is 9.69 Å². The molecule has 0 aliphatic heterocycles. The van der Waals surface area contributed by atoms with E-state index in [1.54, 1.807) is 12.1 Å². The van der Waals surface area contributed by atoms with Gasteiger partial charge in [0.15, 0.2) is 0 Å². The van der Waals surface area contributed by atoms with Crippen LogP contribution in [0.4, 0.5) is 4.39 Å². The third-order valence-electron chi connectivity index (χ3n) is 3.48. The van der Waals surface area contributed by atoms with Crippen LogP contribution in [0, 0.1) is 11.7 Å². The maximum Gasteiger partial charge on any atom is 0.317 e. The topological polar surface area (TPSA) is 40.5 Å². The van der Waals surface area contributed by atoms with E-state index in [9.17, 15) is 9.18 Å². The molecule has 1 unspecified atom stereocenters. The second kappa shape index (κ2) is 6.01. The Kier molecular flexibility index (Phi) is 4.58. The second-order valence-corrected chi connectivity index (χ2v) is 6.02. The van der Waals surface area contributed by atoms with Gasteiger partial charge in [0.1, 0.15) is 5.82 Å². The summed E-state index contributed by atoms with van der Waals surface area (Å²) in [5.41, 5.74) is 0.538. The first-order valence-electron chi connectivity index (χ1n) is 6.38. The molecule has 3 nitrogen and oxygen atoms in total. The Morgan fingerprint density at radius 2 is 2.26 bits per heavy atom. The molecule has 1 atom stereocenters. The van der Waals surface area contributed by atoms with E-state index >= 15 is 0 Å². The van der Waals surface area contributed by atoms with Crippen molar-refractivity contribution in [3.8, 4) is 0 Å². The van der Waals surface area contributed by atoms with Crippen LogP contribution in [0.2, 0.25) is 0 Å². The summed E-state index contributed by atoms with van der Waals surface area (Å²) < 4.78 is 14.7. The maximum atomic E-state index is 13.9. The monoisotopic (exact) mass is 329 g/mol. The van der Waals surface area contributed by atoms with Crippen LogP contribution in [-0.4, -0.2) is 29.1 Å². The summed E-state index contributed by atoms with van der Waals surface area (Å²) in [4.78, 5) is 12.8. The summed E-state index contributed by atoms with van der Waals surface area (Å²) in [6.45, 7) is 2.53. The molecule has 0 radical (unpaired) electrons. The Hall–Kier alpha value is -0.940. The summed E-state index contributed by atoms with van der Waals surface area (Å²) in [6, 6.07) is 4.54. The molecule has 0 amide bonds. The molecule has 104 valence electrons. The van der Waals surface area contributed by atoms with E-state index in [-0.39, 0.29) is 18.4 Å². The molecule has 5 heteroatoms. The highest BCUT2D eigenvalue weighted by molar-refractivity contribution is 9.10. The van der Waals surface area contributed by atoms with Crippen LogP contribution in [-0.2, 0) is 4.79 Å². The number of carboxylic acids is 1. The summed E-state index contributed by atoms with van der Waals surface area (Å²) in [5, 5.41) is 8.99. The van der Waals surface area contributed by atoms with E-state index < -0.39 is 5.97 Å². The Morgan fingerprint density at radius 1 is 1.58 bits per heavy atom. The molecule has 1 saturated carbocycles. The van der Waals surface area contributed by atoms with Crippen LogP contribution >= 0.6 is 15.9 Å². The average molecular weight is 330 g/mol. The molecular formula is C14H17BrFNO2. The number of carboxylic acid groups (broad SMARTS) is 1. The van der Waals surface area contributed by atoms with Crippen molar-refractivity contribution in [3.05, 3.63) is 34.1 Å². The third-order valence-corrected chi connectivity index (χ3v) is 3.98. The highest BCUT2D eigenvalue weighted by Crippen LogP contribution is 2.33. The molecule has 0 heterocycles. The van der Waals surface area contributed by atoms with Crippen molar-refractivity contribution in [3.63, 3.8) is 0 Å². The third kappa shape index (κ3) is 4.01. The molecule has 0 bridgehead atoms. The zero-order valence-electron chi connectivity index (χ0n) is 10.8. The van der Waals surface area contributed by atoms with Gasteiger partial charge in [-0.1, -0.05) is 15.9 Å². The van der Waals surface area contributed by atoms with Gasteiger partial charge in [-0.15, -0.1) is 0 Å². The molecule has 0 saturated heterocycles. The Morgan fingerprint density at radius 3 is 2.84 bits per heavy atom. The van der Waals surface area contributed by atoms with Gasteiger partial charge in [0.2, 0.25) is 0 Å². The molecular weight excluding hydrogens is 313 g/mol. The number of hydrogen-bond acceptors (Lipinski definition) is 2. The lowest BCUT2D eigenvalue weighted by atomic mass is 10.1. The molecule has 1 aliphatic rings. The Labute approximate surface area is 120 Å². The van der Waals surface area contributed by atoms with Crippen molar-refractivity contribution in [2.45, 2.75) is 25.8 Å². The maximum absolute atomic E-state index is 13.9. The lowest BCUT2D eigenvalue weighted by Crippen LogP contribution is -2.34. The van der Waals surface area contributed by atoms with E-state index in [0.717, 1.165) is 23.9 Å². The van der Waals surface area contributed by atoms with Crippen molar-refractivity contribution in [2.24, 2.45) is 5.92 Å². The molecule has 0 aromatic heterocycles. The van der Waals surface area contributed by atoms with Gasteiger partial charge in [-0.25, -0.2) is 4.39 Å². The van der Waals surface area contributed by atoms with E-state index in [4.69, 9.17) is 5.11 Å². The summed E-state index contributed by atoms with van der Waals surface area (Å²) in [6.07, 6.45) is 2.29. The first kappa shape index (κ1) is 14.5. The molecule has 0 spiro atoms. The fraction of sp³-hybridized carbons (Fsp3) is 0.500. The van der Waals surface area contributed by atoms with Gasteiger partial charge >= 0.3 is 5.97 Å². The highest BCUT2D eigenvalue weighted by atomic mass is 79.9. The molecule has 1 N–H and O–H groups in total. The minimum Gasteiger partial charge on any atom is -0.480 e. The zero-order chi connectivity index (χ0) is 14.0. The Bertz CT molecular complexity index is 477. The van der Waals surface area contributed by atoms with Crippen molar-refractivity contribution in [1.29, 1.82) is 0 Å². The minimum atomic E-state index is -0.872.